The summed E-state index contributed by atoms with van der Waals surface area (Å²) in [6.07, 6.45) is 1.37. The van der Waals surface area contributed by atoms with Gasteiger partial charge in [-0.3, -0.25) is 4.79 Å². The zero-order valence-corrected chi connectivity index (χ0v) is 7.96. The van der Waals surface area contributed by atoms with E-state index in [1.165, 1.54) is 13.3 Å². The molecule has 0 bridgehead atoms. The summed E-state index contributed by atoms with van der Waals surface area (Å²) in [7, 11) is 1.47. The molecule has 0 aliphatic rings. The summed E-state index contributed by atoms with van der Waals surface area (Å²) in [6.45, 7) is 0. The SMILES string of the molecule is COc1cc(Br)ncc1C(N)=O. The molecule has 2 N–H and O–H groups in total. The first-order valence-corrected chi connectivity index (χ1v) is 3.93. The van der Waals surface area contributed by atoms with E-state index in [0.29, 0.717) is 10.4 Å². The third kappa shape index (κ3) is 1.73. The number of carbonyl (C=O) groups excluding carboxylic acids is 1. The fourth-order valence-electron chi connectivity index (χ4n) is 0.767. The monoisotopic (exact) mass is 230 g/mol. The lowest BCUT2D eigenvalue weighted by atomic mass is 10.2. The average Bonchev–Trinajstić information content (AvgIpc) is 2.03. The normalized spacial score (nSPS) is 9.50. The Morgan fingerprint density at radius 3 is 2.92 bits per heavy atom. The summed E-state index contributed by atoms with van der Waals surface area (Å²) in [6, 6.07) is 1.58. The lowest BCUT2D eigenvalue weighted by Crippen LogP contribution is -2.12. The molecule has 0 atom stereocenters. The van der Waals surface area contributed by atoms with Crippen LogP contribution in [0.4, 0.5) is 0 Å². The van der Waals surface area contributed by atoms with Gasteiger partial charge >= 0.3 is 0 Å². The molecular formula is C7H7BrN2O2. The third-order valence-electron chi connectivity index (χ3n) is 1.32. The molecule has 1 aromatic rings. The van der Waals surface area contributed by atoms with Crippen LogP contribution in [-0.2, 0) is 0 Å². The van der Waals surface area contributed by atoms with Crippen molar-refractivity contribution >= 4 is 21.8 Å². The molecular weight excluding hydrogens is 224 g/mol. The van der Waals surface area contributed by atoms with Crippen LogP contribution < -0.4 is 10.5 Å². The minimum Gasteiger partial charge on any atom is -0.496 e. The maximum atomic E-state index is 10.8. The summed E-state index contributed by atoms with van der Waals surface area (Å²) in [5.41, 5.74) is 5.34. The number of halogens is 1. The molecule has 0 saturated carbocycles. The van der Waals surface area contributed by atoms with Gasteiger partial charge in [-0.05, 0) is 15.9 Å². The molecule has 0 spiro atoms. The van der Waals surface area contributed by atoms with Crippen molar-refractivity contribution in [3.8, 4) is 5.75 Å². The summed E-state index contributed by atoms with van der Waals surface area (Å²) in [4.78, 5) is 14.6. The molecule has 0 aliphatic heterocycles. The van der Waals surface area contributed by atoms with Gasteiger partial charge in [0.15, 0.2) is 0 Å². The number of hydrogen-bond acceptors (Lipinski definition) is 3. The van der Waals surface area contributed by atoms with Crippen molar-refractivity contribution in [3.05, 3.63) is 22.4 Å². The van der Waals surface area contributed by atoms with Crippen molar-refractivity contribution in [2.24, 2.45) is 5.73 Å². The number of rotatable bonds is 2. The average molecular weight is 231 g/mol. The van der Waals surface area contributed by atoms with Crippen LogP contribution in [0.1, 0.15) is 10.4 Å². The summed E-state index contributed by atoms with van der Waals surface area (Å²) in [5, 5.41) is 0. The predicted molar refractivity (Wildman–Crippen MR) is 47.0 cm³/mol. The van der Waals surface area contributed by atoms with Crippen molar-refractivity contribution < 1.29 is 9.53 Å². The second-order valence-electron chi connectivity index (χ2n) is 2.07. The van der Waals surface area contributed by atoms with E-state index >= 15 is 0 Å². The number of hydrogen-bond donors (Lipinski definition) is 1. The van der Waals surface area contributed by atoms with Crippen LogP contribution in [-0.4, -0.2) is 18.0 Å². The highest BCUT2D eigenvalue weighted by Crippen LogP contribution is 2.20. The minimum absolute atomic E-state index is 0.278. The summed E-state index contributed by atoms with van der Waals surface area (Å²) < 4.78 is 5.52. The van der Waals surface area contributed by atoms with E-state index in [9.17, 15) is 4.79 Å². The van der Waals surface area contributed by atoms with Gasteiger partial charge in [0, 0.05) is 12.3 Å². The molecule has 0 radical (unpaired) electrons. The van der Waals surface area contributed by atoms with E-state index in [1.807, 2.05) is 0 Å². The number of primary amides is 1. The van der Waals surface area contributed by atoms with Crippen molar-refractivity contribution in [1.82, 2.24) is 4.98 Å². The van der Waals surface area contributed by atoms with Gasteiger partial charge in [-0.1, -0.05) is 0 Å². The molecule has 5 heteroatoms. The number of nitrogens with two attached hydrogens (primary N) is 1. The van der Waals surface area contributed by atoms with Crippen molar-refractivity contribution in [2.45, 2.75) is 0 Å². The van der Waals surface area contributed by atoms with Gasteiger partial charge in [-0.15, -0.1) is 0 Å². The second kappa shape index (κ2) is 3.53. The third-order valence-corrected chi connectivity index (χ3v) is 1.75. The predicted octanol–water partition coefficient (Wildman–Crippen LogP) is 0.952. The van der Waals surface area contributed by atoms with Gasteiger partial charge in [-0.25, -0.2) is 4.98 Å². The lowest BCUT2D eigenvalue weighted by Gasteiger charge is -2.03. The summed E-state index contributed by atoms with van der Waals surface area (Å²) >= 11 is 3.14. The van der Waals surface area contributed by atoms with E-state index < -0.39 is 5.91 Å². The Morgan fingerprint density at radius 2 is 2.42 bits per heavy atom. The standard InChI is InChI=1S/C7H7BrN2O2/c1-12-5-2-6(8)10-3-4(5)7(9)11/h2-3H,1H3,(H2,9,11). The Morgan fingerprint density at radius 1 is 1.75 bits per heavy atom. The Bertz CT molecular complexity index is 314. The van der Waals surface area contributed by atoms with Gasteiger partial charge < -0.3 is 10.5 Å². The van der Waals surface area contributed by atoms with E-state index in [4.69, 9.17) is 10.5 Å². The smallest absolute Gasteiger partial charge is 0.254 e. The zero-order valence-electron chi connectivity index (χ0n) is 6.37. The van der Waals surface area contributed by atoms with E-state index in [1.54, 1.807) is 6.07 Å². The van der Waals surface area contributed by atoms with Crippen molar-refractivity contribution in [2.75, 3.05) is 7.11 Å². The highest BCUT2D eigenvalue weighted by molar-refractivity contribution is 9.10. The highest BCUT2D eigenvalue weighted by atomic mass is 79.9. The number of amides is 1. The van der Waals surface area contributed by atoms with Crippen LogP contribution in [0.3, 0.4) is 0 Å². The first kappa shape index (κ1) is 8.99. The molecule has 0 aromatic carbocycles. The van der Waals surface area contributed by atoms with Crippen LogP contribution >= 0.6 is 15.9 Å². The quantitative estimate of drug-likeness (QED) is 0.770. The van der Waals surface area contributed by atoms with Gasteiger partial charge in [-0.2, -0.15) is 0 Å². The van der Waals surface area contributed by atoms with Crippen LogP contribution in [0.5, 0.6) is 5.75 Å². The molecule has 64 valence electrons. The van der Waals surface area contributed by atoms with Crippen LogP contribution in [0.25, 0.3) is 0 Å². The molecule has 0 unspecified atom stereocenters. The van der Waals surface area contributed by atoms with Gasteiger partial charge in [0.1, 0.15) is 10.4 Å². The fourth-order valence-corrected chi connectivity index (χ4v) is 1.08. The molecule has 0 fully saturated rings. The molecule has 0 aliphatic carbocycles. The lowest BCUT2D eigenvalue weighted by molar-refractivity contribution is 0.0997. The number of carbonyl (C=O) groups is 1. The maximum Gasteiger partial charge on any atom is 0.254 e. The van der Waals surface area contributed by atoms with Crippen LogP contribution in [0.15, 0.2) is 16.9 Å². The number of aromatic nitrogens is 1. The Hall–Kier alpha value is -1.10. The largest absolute Gasteiger partial charge is 0.496 e. The molecule has 12 heavy (non-hydrogen) atoms. The zero-order chi connectivity index (χ0) is 9.14. The van der Waals surface area contributed by atoms with Gasteiger partial charge in [0.25, 0.3) is 5.91 Å². The molecule has 4 nitrogen and oxygen atoms in total. The van der Waals surface area contributed by atoms with Crippen LogP contribution in [0, 0.1) is 0 Å². The molecule has 1 rings (SSSR count). The number of pyridine rings is 1. The van der Waals surface area contributed by atoms with Crippen molar-refractivity contribution in [3.63, 3.8) is 0 Å². The van der Waals surface area contributed by atoms with Gasteiger partial charge in [0.2, 0.25) is 0 Å². The second-order valence-corrected chi connectivity index (χ2v) is 2.88. The topological polar surface area (TPSA) is 65.2 Å². The van der Waals surface area contributed by atoms with Crippen molar-refractivity contribution in [1.29, 1.82) is 0 Å². The van der Waals surface area contributed by atoms with Crippen LogP contribution in [0.2, 0.25) is 0 Å². The fraction of sp³-hybridized carbons (Fsp3) is 0.143. The van der Waals surface area contributed by atoms with E-state index in [2.05, 4.69) is 20.9 Å². The molecule has 1 aromatic heterocycles. The highest BCUT2D eigenvalue weighted by Gasteiger charge is 2.08. The number of methoxy groups -OCH3 is 1. The molecule has 1 amide bonds. The Balaban J connectivity index is 3.20. The first-order chi connectivity index (χ1) is 5.65. The molecule has 1 heterocycles. The van der Waals surface area contributed by atoms with E-state index in [0.717, 1.165) is 0 Å². The minimum atomic E-state index is -0.549. The number of ether oxygens (including phenoxy) is 1. The summed E-state index contributed by atoms with van der Waals surface area (Å²) in [5.74, 6) is -0.128. The first-order valence-electron chi connectivity index (χ1n) is 3.14. The molecule has 0 saturated heterocycles. The Kier molecular flexibility index (Phi) is 2.65. The van der Waals surface area contributed by atoms with E-state index in [-0.39, 0.29) is 5.56 Å². The maximum absolute atomic E-state index is 10.8. The number of nitrogens with zero attached hydrogens (tertiary/aromatic N) is 1. The van der Waals surface area contributed by atoms with Gasteiger partial charge in [0.05, 0.1) is 12.7 Å². The Labute approximate surface area is 77.9 Å².